The summed E-state index contributed by atoms with van der Waals surface area (Å²) in [5, 5.41) is 40.0. The molecule has 1 heterocycles. The zero-order chi connectivity index (χ0) is 40.2. The van der Waals surface area contributed by atoms with E-state index in [-0.39, 0.29) is 65.4 Å². The fraction of sp³-hybridized carbons (Fsp3) is 0.429. The van der Waals surface area contributed by atoms with Gasteiger partial charge in [0, 0.05) is 30.0 Å². The van der Waals surface area contributed by atoms with Gasteiger partial charge in [0.15, 0.2) is 23.1 Å². The Balaban J connectivity index is 0.000000320. The number of epoxide rings is 1. The first-order chi connectivity index (χ1) is 25.3. The Bertz CT molecular complexity index is 1760. The Kier molecular flexibility index (Phi) is 15.4. The lowest BCUT2D eigenvalue weighted by Crippen LogP contribution is -2.25. The summed E-state index contributed by atoms with van der Waals surface area (Å²) in [6.45, 7) is 0.591. The van der Waals surface area contributed by atoms with Crippen molar-refractivity contribution in [2.24, 2.45) is 0 Å². The molecule has 19 heteroatoms. The number of nitro benzene ring substituents is 1. The van der Waals surface area contributed by atoms with Gasteiger partial charge in [-0.15, -0.1) is 0 Å². The molecule has 1 aliphatic heterocycles. The van der Waals surface area contributed by atoms with Gasteiger partial charge in [-0.1, -0.05) is 0 Å². The predicted molar refractivity (Wildman–Crippen MR) is 177 cm³/mol. The highest BCUT2D eigenvalue weighted by molar-refractivity contribution is 5.97. The number of benzene rings is 3. The quantitative estimate of drug-likeness (QED) is 0.0453. The number of phenolic OH excluding ortho intramolecular Hbond substituents is 1. The van der Waals surface area contributed by atoms with Crippen molar-refractivity contribution >= 4 is 17.3 Å². The SMILES string of the molecule is COc1cc([N+](=O)[O-])ccc1OCC(O)COc1ccc(C(C)=O)c(O)c1CCC(F)(F)F.O=C(CO)c1ccc(OCC2CO2)c(CCC(F)(F)F)c1. The lowest BCUT2D eigenvalue weighted by Gasteiger charge is -2.18. The topological polar surface area (TPSA) is 187 Å². The molecule has 1 aliphatic rings. The van der Waals surface area contributed by atoms with Gasteiger partial charge in [0.25, 0.3) is 5.69 Å². The largest absolute Gasteiger partial charge is 0.507 e. The van der Waals surface area contributed by atoms with E-state index in [9.17, 15) is 56.3 Å². The van der Waals surface area contributed by atoms with E-state index in [0.717, 1.165) is 13.0 Å². The minimum atomic E-state index is -4.49. The summed E-state index contributed by atoms with van der Waals surface area (Å²) in [5.74, 6) is -1.30. The minimum Gasteiger partial charge on any atom is -0.507 e. The van der Waals surface area contributed by atoms with Crippen molar-refractivity contribution in [3.05, 3.63) is 80.9 Å². The Morgan fingerprint density at radius 2 is 1.50 bits per heavy atom. The second kappa shape index (κ2) is 19.3. The Morgan fingerprint density at radius 3 is 2.06 bits per heavy atom. The van der Waals surface area contributed by atoms with Crippen LogP contribution in [0.1, 0.15) is 51.6 Å². The molecule has 0 amide bonds. The van der Waals surface area contributed by atoms with Gasteiger partial charge >= 0.3 is 12.4 Å². The van der Waals surface area contributed by atoms with Crippen LogP contribution in [-0.4, -0.2) is 96.5 Å². The summed E-state index contributed by atoms with van der Waals surface area (Å²) >= 11 is 0. The van der Waals surface area contributed by atoms with Crippen LogP contribution in [0.15, 0.2) is 48.5 Å². The number of rotatable bonds is 18. The molecule has 54 heavy (non-hydrogen) atoms. The summed E-state index contributed by atoms with van der Waals surface area (Å²) in [7, 11) is 1.28. The average molecular weight is 778 g/mol. The van der Waals surface area contributed by atoms with E-state index in [0.29, 0.717) is 17.9 Å². The van der Waals surface area contributed by atoms with Crippen molar-refractivity contribution in [3.8, 4) is 28.7 Å². The molecule has 1 fully saturated rings. The fourth-order valence-corrected chi connectivity index (χ4v) is 4.66. The molecule has 4 rings (SSSR count). The maximum absolute atomic E-state index is 12.7. The van der Waals surface area contributed by atoms with Gasteiger partial charge in [0.1, 0.15) is 55.9 Å². The van der Waals surface area contributed by atoms with Crippen molar-refractivity contribution in [1.29, 1.82) is 0 Å². The van der Waals surface area contributed by atoms with E-state index >= 15 is 0 Å². The molecule has 0 spiro atoms. The maximum Gasteiger partial charge on any atom is 0.389 e. The predicted octanol–water partition coefficient (Wildman–Crippen LogP) is 5.96. The molecule has 296 valence electrons. The van der Waals surface area contributed by atoms with Gasteiger partial charge in [-0.3, -0.25) is 19.7 Å². The highest BCUT2D eigenvalue weighted by Crippen LogP contribution is 2.36. The zero-order valence-electron chi connectivity index (χ0n) is 28.9. The number of non-ortho nitro benzene ring substituents is 1. The van der Waals surface area contributed by atoms with Crippen molar-refractivity contribution in [3.63, 3.8) is 0 Å². The van der Waals surface area contributed by atoms with Crippen LogP contribution < -0.4 is 18.9 Å². The number of methoxy groups -OCH3 is 1. The lowest BCUT2D eigenvalue weighted by atomic mass is 10.0. The van der Waals surface area contributed by atoms with Gasteiger partial charge in [-0.05, 0) is 61.7 Å². The number of halogens is 6. The maximum atomic E-state index is 12.7. The smallest absolute Gasteiger partial charge is 0.389 e. The summed E-state index contributed by atoms with van der Waals surface area (Å²) in [5.41, 5.74) is -0.0980. The molecule has 13 nitrogen and oxygen atoms in total. The number of Topliss-reactive ketones (excluding diaryl/α,β-unsaturated/α-hetero) is 2. The Morgan fingerprint density at radius 1 is 0.907 bits per heavy atom. The highest BCUT2D eigenvalue weighted by atomic mass is 19.4. The van der Waals surface area contributed by atoms with E-state index in [4.69, 9.17) is 28.8 Å². The fourth-order valence-electron chi connectivity index (χ4n) is 4.66. The number of aryl methyl sites for hydroxylation is 1. The molecular formula is C35H37F6NO12. The number of ketones is 2. The highest BCUT2D eigenvalue weighted by Gasteiger charge is 2.30. The van der Waals surface area contributed by atoms with Crippen LogP contribution in [0.3, 0.4) is 0 Å². The minimum absolute atomic E-state index is 0.0146. The van der Waals surface area contributed by atoms with Crippen LogP contribution in [-0.2, 0) is 17.6 Å². The Labute approximate surface area is 304 Å². The van der Waals surface area contributed by atoms with Crippen molar-refractivity contribution in [1.82, 2.24) is 0 Å². The van der Waals surface area contributed by atoms with E-state index in [1.54, 1.807) is 0 Å². The number of carbonyl (C=O) groups is 2. The molecule has 0 aliphatic carbocycles. The van der Waals surface area contributed by atoms with Crippen LogP contribution in [0.4, 0.5) is 32.0 Å². The third-order valence-corrected chi connectivity index (χ3v) is 7.53. The number of nitrogens with zero attached hydrogens (tertiary/aromatic N) is 1. The molecule has 1 saturated heterocycles. The summed E-state index contributed by atoms with van der Waals surface area (Å²) in [4.78, 5) is 33.2. The normalized spacial score (nSPS) is 14.3. The van der Waals surface area contributed by atoms with Crippen LogP contribution in [0.25, 0.3) is 0 Å². The number of aromatic hydroxyl groups is 1. The van der Waals surface area contributed by atoms with E-state index in [1.807, 2.05) is 0 Å². The molecule has 0 bridgehead atoms. The van der Waals surface area contributed by atoms with Crippen molar-refractivity contribution in [2.75, 3.05) is 40.1 Å². The monoisotopic (exact) mass is 777 g/mol. The number of hydrogen-bond donors (Lipinski definition) is 3. The first kappa shape index (κ1) is 43.3. The first-order valence-corrected chi connectivity index (χ1v) is 16.1. The zero-order valence-corrected chi connectivity index (χ0v) is 28.9. The lowest BCUT2D eigenvalue weighted by molar-refractivity contribution is -0.385. The molecule has 3 N–H and O–H groups in total. The summed E-state index contributed by atoms with van der Waals surface area (Å²) in [6, 6.07) is 10.3. The van der Waals surface area contributed by atoms with Gasteiger partial charge in [-0.25, -0.2) is 0 Å². The number of hydrogen-bond acceptors (Lipinski definition) is 12. The Hall–Kier alpha value is -5.14. The number of nitro groups is 1. The number of ether oxygens (including phenoxy) is 5. The molecular weight excluding hydrogens is 740 g/mol. The first-order valence-electron chi connectivity index (χ1n) is 16.1. The van der Waals surface area contributed by atoms with E-state index < -0.39 is 73.2 Å². The average Bonchev–Trinajstić information content (AvgIpc) is 3.94. The number of aliphatic hydroxyl groups excluding tert-OH is 2. The third kappa shape index (κ3) is 14.0. The van der Waals surface area contributed by atoms with E-state index in [1.165, 1.54) is 49.6 Å². The van der Waals surface area contributed by atoms with Crippen LogP contribution in [0.2, 0.25) is 0 Å². The van der Waals surface area contributed by atoms with Crippen LogP contribution in [0.5, 0.6) is 28.7 Å². The molecule has 2 unspecified atom stereocenters. The van der Waals surface area contributed by atoms with Crippen molar-refractivity contribution in [2.45, 2.75) is 57.2 Å². The second-order valence-electron chi connectivity index (χ2n) is 11.8. The third-order valence-electron chi connectivity index (χ3n) is 7.53. The van der Waals surface area contributed by atoms with Crippen molar-refractivity contribution < 1.29 is 79.9 Å². The molecule has 3 aromatic carbocycles. The number of alkyl halides is 6. The van der Waals surface area contributed by atoms with E-state index in [2.05, 4.69) is 0 Å². The van der Waals surface area contributed by atoms with Gasteiger partial charge in [0.2, 0.25) is 0 Å². The molecule has 2 atom stereocenters. The number of aliphatic hydroxyl groups is 2. The van der Waals surface area contributed by atoms with Gasteiger partial charge in [-0.2, -0.15) is 26.3 Å². The number of carbonyl (C=O) groups excluding carboxylic acids is 2. The second-order valence-corrected chi connectivity index (χ2v) is 11.8. The standard InChI is InChI=1S/C21H22F3NO8.C14H15F3O4/c1-12(26)15-4-6-17(16(20(15)28)7-8-21(22,23)24)32-10-14(27)11-33-18-5-3-13(25(29)30)9-19(18)31-2;15-14(16,17)4-3-10-5-9(12(19)6-18)1-2-13(10)21-8-11-7-20-11/h3-6,9,14,27-28H,7-8,10-11H2,1-2H3;1-2,5,11,18H,3-4,6-8H2. The molecule has 0 aromatic heterocycles. The van der Waals surface area contributed by atoms with Crippen LogP contribution >= 0.6 is 0 Å². The number of phenols is 1. The molecule has 0 radical (unpaired) electrons. The van der Waals surface area contributed by atoms with Gasteiger partial charge in [0.05, 0.1) is 30.3 Å². The molecule has 0 saturated carbocycles. The molecule has 3 aromatic rings. The van der Waals surface area contributed by atoms with Gasteiger partial charge < -0.3 is 39.0 Å². The summed E-state index contributed by atoms with van der Waals surface area (Å²) < 4.78 is 101. The van der Waals surface area contributed by atoms with Crippen LogP contribution in [0, 0.1) is 10.1 Å². The summed E-state index contributed by atoms with van der Waals surface area (Å²) in [6.07, 6.45) is -13.2.